The number of rotatable bonds is 8. The number of para-hydroxylation sites is 2. The highest BCUT2D eigenvalue weighted by Crippen LogP contribution is 2.31. The summed E-state index contributed by atoms with van der Waals surface area (Å²) >= 11 is 1.51. The number of piperidine rings is 1. The predicted octanol–water partition coefficient (Wildman–Crippen LogP) is 5.58. The highest BCUT2D eigenvalue weighted by atomic mass is 32.1. The minimum Gasteiger partial charge on any atom is -0.490 e. The lowest BCUT2D eigenvalue weighted by Crippen LogP contribution is -2.37. The molecule has 33 heavy (non-hydrogen) atoms. The number of hydrogen-bond acceptors (Lipinski definition) is 6. The van der Waals surface area contributed by atoms with Crippen molar-refractivity contribution < 1.29 is 14.3 Å². The number of ether oxygens (including phenoxy) is 2. The van der Waals surface area contributed by atoms with E-state index in [-0.39, 0.29) is 12.0 Å². The monoisotopic (exact) mass is 465 g/mol. The maximum Gasteiger partial charge on any atom is 0.230 e. The molecule has 1 aliphatic rings. The molecule has 0 spiro atoms. The lowest BCUT2D eigenvalue weighted by Gasteiger charge is -2.32. The molecular weight excluding hydrogens is 434 g/mol. The molecule has 0 atom stereocenters. The Hall–Kier alpha value is -2.90. The fourth-order valence-corrected chi connectivity index (χ4v) is 4.89. The number of carbonyl (C=O) groups excluding carboxylic acids is 1. The number of aromatic nitrogens is 1. The van der Waals surface area contributed by atoms with Gasteiger partial charge in [0, 0.05) is 31.9 Å². The molecule has 0 bridgehead atoms. The van der Waals surface area contributed by atoms with E-state index in [0.717, 1.165) is 60.9 Å². The van der Waals surface area contributed by atoms with Crippen molar-refractivity contribution in [2.75, 3.05) is 24.6 Å². The van der Waals surface area contributed by atoms with Crippen molar-refractivity contribution in [1.82, 2.24) is 9.88 Å². The molecule has 4 rings (SSSR count). The van der Waals surface area contributed by atoms with Crippen LogP contribution < -0.4 is 14.4 Å². The molecule has 1 saturated heterocycles. The second-order valence-electron chi connectivity index (χ2n) is 8.28. The van der Waals surface area contributed by atoms with Gasteiger partial charge in [0.1, 0.15) is 6.10 Å². The standard InChI is InChI=1S/C26H31N3O3S/c1-4-31-24-7-5-6-8-25(24)32-23-13-15-28(16-14-23)17-21-18-33-26(27-21)29(20(3)30)22-11-9-19(2)10-12-22/h5-12,18,23H,4,13-17H2,1-3H3. The van der Waals surface area contributed by atoms with E-state index in [1.165, 1.54) is 11.3 Å². The first-order valence-corrected chi connectivity index (χ1v) is 12.3. The summed E-state index contributed by atoms with van der Waals surface area (Å²) in [5.74, 6) is 1.59. The Morgan fingerprint density at radius 2 is 1.82 bits per heavy atom. The van der Waals surface area contributed by atoms with Crippen molar-refractivity contribution in [3.63, 3.8) is 0 Å². The van der Waals surface area contributed by atoms with E-state index in [0.29, 0.717) is 11.7 Å². The molecule has 1 aliphatic heterocycles. The molecule has 2 heterocycles. The van der Waals surface area contributed by atoms with Gasteiger partial charge in [-0.1, -0.05) is 29.8 Å². The van der Waals surface area contributed by atoms with E-state index in [2.05, 4.69) is 10.3 Å². The van der Waals surface area contributed by atoms with Gasteiger partial charge in [-0.05, 0) is 51.0 Å². The minimum absolute atomic E-state index is 0.0370. The number of nitrogens with zero attached hydrogens (tertiary/aromatic N) is 3. The Balaban J connectivity index is 1.34. The Kier molecular flexibility index (Phi) is 7.62. The van der Waals surface area contributed by atoms with Crippen LogP contribution in [0.3, 0.4) is 0 Å². The number of aryl methyl sites for hydroxylation is 1. The molecule has 0 unspecified atom stereocenters. The number of hydrogen-bond donors (Lipinski definition) is 0. The van der Waals surface area contributed by atoms with Crippen molar-refractivity contribution in [3.05, 3.63) is 65.2 Å². The average molecular weight is 466 g/mol. The molecule has 1 fully saturated rings. The average Bonchev–Trinajstić information content (AvgIpc) is 3.25. The summed E-state index contributed by atoms with van der Waals surface area (Å²) in [6.07, 6.45) is 2.10. The summed E-state index contributed by atoms with van der Waals surface area (Å²) in [4.78, 5) is 21.2. The summed E-state index contributed by atoms with van der Waals surface area (Å²) in [6.45, 7) is 8.89. The summed E-state index contributed by atoms with van der Waals surface area (Å²) in [5, 5.41) is 2.77. The van der Waals surface area contributed by atoms with Gasteiger partial charge in [-0.3, -0.25) is 14.6 Å². The Morgan fingerprint density at radius 3 is 2.48 bits per heavy atom. The molecule has 0 aliphatic carbocycles. The quantitative estimate of drug-likeness (QED) is 0.435. The van der Waals surface area contributed by atoms with E-state index in [9.17, 15) is 4.79 Å². The van der Waals surface area contributed by atoms with E-state index in [4.69, 9.17) is 14.5 Å². The smallest absolute Gasteiger partial charge is 0.230 e. The summed E-state index contributed by atoms with van der Waals surface area (Å²) in [6, 6.07) is 15.8. The second-order valence-corrected chi connectivity index (χ2v) is 9.12. The maximum absolute atomic E-state index is 12.3. The fraction of sp³-hybridized carbons (Fsp3) is 0.385. The van der Waals surface area contributed by atoms with Gasteiger partial charge in [-0.25, -0.2) is 4.98 Å². The Morgan fingerprint density at radius 1 is 1.12 bits per heavy atom. The Bertz CT molecular complexity index is 1060. The molecule has 0 saturated carbocycles. The van der Waals surface area contributed by atoms with Crippen molar-refractivity contribution >= 4 is 28.1 Å². The van der Waals surface area contributed by atoms with Crippen LogP contribution in [0.4, 0.5) is 10.8 Å². The topological polar surface area (TPSA) is 54.9 Å². The van der Waals surface area contributed by atoms with Gasteiger partial charge >= 0.3 is 0 Å². The van der Waals surface area contributed by atoms with Gasteiger partial charge in [0.05, 0.1) is 18.0 Å². The first-order chi connectivity index (χ1) is 16.0. The third-order valence-corrected chi connectivity index (χ3v) is 6.58. The molecule has 3 aromatic rings. The molecule has 0 radical (unpaired) electrons. The van der Waals surface area contributed by atoms with Crippen LogP contribution in [0.5, 0.6) is 11.5 Å². The van der Waals surface area contributed by atoms with Crippen molar-refractivity contribution in [2.24, 2.45) is 0 Å². The Labute approximate surface area is 199 Å². The second kappa shape index (κ2) is 10.8. The predicted molar refractivity (Wildman–Crippen MR) is 133 cm³/mol. The SMILES string of the molecule is CCOc1ccccc1OC1CCN(Cc2csc(N(C(C)=O)c3ccc(C)cc3)n2)CC1. The van der Waals surface area contributed by atoms with Gasteiger partial charge in [-0.15, -0.1) is 11.3 Å². The van der Waals surface area contributed by atoms with Crippen LogP contribution in [0.25, 0.3) is 0 Å². The highest BCUT2D eigenvalue weighted by molar-refractivity contribution is 7.14. The van der Waals surface area contributed by atoms with Gasteiger partial charge < -0.3 is 9.47 Å². The van der Waals surface area contributed by atoms with Crippen molar-refractivity contribution in [3.8, 4) is 11.5 Å². The molecule has 0 N–H and O–H groups in total. The van der Waals surface area contributed by atoms with Crippen LogP contribution in [0.2, 0.25) is 0 Å². The zero-order valence-electron chi connectivity index (χ0n) is 19.5. The van der Waals surface area contributed by atoms with Gasteiger partial charge in [0.2, 0.25) is 5.91 Å². The third-order valence-electron chi connectivity index (χ3n) is 5.70. The molecule has 174 valence electrons. The summed E-state index contributed by atoms with van der Waals surface area (Å²) in [7, 11) is 0. The zero-order chi connectivity index (χ0) is 23.2. The van der Waals surface area contributed by atoms with E-state index in [1.807, 2.05) is 62.4 Å². The first kappa shape index (κ1) is 23.3. The lowest BCUT2D eigenvalue weighted by molar-refractivity contribution is -0.115. The van der Waals surface area contributed by atoms with Gasteiger partial charge in [0.25, 0.3) is 0 Å². The first-order valence-electron chi connectivity index (χ1n) is 11.5. The highest BCUT2D eigenvalue weighted by Gasteiger charge is 2.23. The molecular formula is C26H31N3O3S. The van der Waals surface area contributed by atoms with Crippen molar-refractivity contribution in [2.45, 2.75) is 46.3 Å². The van der Waals surface area contributed by atoms with E-state index < -0.39 is 0 Å². The number of amides is 1. The third kappa shape index (κ3) is 5.92. The molecule has 1 aromatic heterocycles. The number of carbonyl (C=O) groups is 1. The molecule has 2 aromatic carbocycles. The largest absolute Gasteiger partial charge is 0.490 e. The number of anilines is 2. The van der Waals surface area contributed by atoms with Gasteiger partial charge in [0.15, 0.2) is 16.6 Å². The van der Waals surface area contributed by atoms with Crippen LogP contribution in [-0.4, -0.2) is 41.6 Å². The molecule has 7 heteroatoms. The number of benzene rings is 2. The molecule has 1 amide bonds. The summed E-state index contributed by atoms with van der Waals surface area (Å²) in [5.41, 5.74) is 3.00. The maximum atomic E-state index is 12.3. The van der Waals surface area contributed by atoms with Crippen LogP contribution in [0, 0.1) is 6.92 Å². The number of thiazole rings is 1. The van der Waals surface area contributed by atoms with Crippen LogP contribution >= 0.6 is 11.3 Å². The molecule has 6 nitrogen and oxygen atoms in total. The number of likely N-dealkylation sites (tertiary alicyclic amines) is 1. The fourth-order valence-electron chi connectivity index (χ4n) is 4.01. The van der Waals surface area contributed by atoms with Gasteiger partial charge in [-0.2, -0.15) is 0 Å². The normalized spacial score (nSPS) is 14.8. The minimum atomic E-state index is -0.0370. The summed E-state index contributed by atoms with van der Waals surface area (Å²) < 4.78 is 11.9. The van der Waals surface area contributed by atoms with Crippen LogP contribution in [0.15, 0.2) is 53.9 Å². The van der Waals surface area contributed by atoms with E-state index >= 15 is 0 Å². The van der Waals surface area contributed by atoms with Crippen LogP contribution in [-0.2, 0) is 11.3 Å². The lowest BCUT2D eigenvalue weighted by atomic mass is 10.1. The zero-order valence-corrected chi connectivity index (χ0v) is 20.3. The van der Waals surface area contributed by atoms with Crippen LogP contribution in [0.1, 0.15) is 37.9 Å². The van der Waals surface area contributed by atoms with E-state index in [1.54, 1.807) is 11.8 Å². The van der Waals surface area contributed by atoms with Crippen molar-refractivity contribution in [1.29, 1.82) is 0 Å².